The molecule has 0 aliphatic rings. The van der Waals surface area contributed by atoms with Crippen LogP contribution in [0.5, 0.6) is 0 Å². The van der Waals surface area contributed by atoms with Crippen LogP contribution in [-0.2, 0) is 12.0 Å². The Kier molecular flexibility index (Phi) is 4.20. The summed E-state index contributed by atoms with van der Waals surface area (Å²) in [5.74, 6) is -2.58. The van der Waals surface area contributed by atoms with Crippen molar-refractivity contribution >= 4 is 15.9 Å². The van der Waals surface area contributed by atoms with Gasteiger partial charge in [-0.1, -0.05) is 28.1 Å². The van der Waals surface area contributed by atoms with Crippen molar-refractivity contribution in [2.75, 3.05) is 0 Å². The fourth-order valence-corrected chi connectivity index (χ4v) is 2.64. The third kappa shape index (κ3) is 3.22. The Morgan fingerprint density at radius 3 is 2.50 bits per heavy atom. The number of benzene rings is 2. The van der Waals surface area contributed by atoms with Gasteiger partial charge in [-0.05, 0) is 36.8 Å². The molecule has 1 atom stereocenters. The van der Waals surface area contributed by atoms with E-state index in [1.807, 2.05) is 0 Å². The van der Waals surface area contributed by atoms with Crippen LogP contribution in [0.2, 0.25) is 0 Å². The Morgan fingerprint density at radius 2 is 1.85 bits per heavy atom. The third-order valence-electron chi connectivity index (χ3n) is 3.00. The van der Waals surface area contributed by atoms with Gasteiger partial charge in [0.2, 0.25) is 0 Å². The van der Waals surface area contributed by atoms with E-state index in [2.05, 4.69) is 15.9 Å². The highest BCUT2D eigenvalue weighted by Gasteiger charge is 2.28. The number of halogens is 4. The lowest BCUT2D eigenvalue weighted by Crippen LogP contribution is -2.26. The van der Waals surface area contributed by atoms with Gasteiger partial charge in [-0.25, -0.2) is 13.2 Å². The van der Waals surface area contributed by atoms with E-state index < -0.39 is 23.1 Å². The van der Waals surface area contributed by atoms with Gasteiger partial charge in [0.25, 0.3) is 0 Å². The molecule has 1 N–H and O–H groups in total. The topological polar surface area (TPSA) is 20.2 Å². The molecule has 0 aromatic heterocycles. The Hall–Kier alpha value is -1.33. The highest BCUT2D eigenvalue weighted by Crippen LogP contribution is 2.29. The predicted octanol–water partition coefficient (Wildman–Crippen LogP) is 4.32. The minimum atomic E-state index is -1.64. The van der Waals surface area contributed by atoms with Crippen molar-refractivity contribution < 1.29 is 18.3 Å². The van der Waals surface area contributed by atoms with Gasteiger partial charge in [-0.2, -0.15) is 0 Å². The van der Waals surface area contributed by atoms with E-state index in [0.717, 1.165) is 6.07 Å². The molecule has 0 radical (unpaired) electrons. The largest absolute Gasteiger partial charge is 0.385 e. The van der Waals surface area contributed by atoms with Crippen molar-refractivity contribution in [1.29, 1.82) is 0 Å². The number of hydrogen-bond donors (Lipinski definition) is 1. The maximum atomic E-state index is 13.7. The Morgan fingerprint density at radius 1 is 1.15 bits per heavy atom. The van der Waals surface area contributed by atoms with E-state index >= 15 is 0 Å². The molecule has 2 rings (SSSR count). The zero-order valence-corrected chi connectivity index (χ0v) is 12.2. The highest BCUT2D eigenvalue weighted by molar-refractivity contribution is 9.10. The Labute approximate surface area is 123 Å². The van der Waals surface area contributed by atoms with Crippen molar-refractivity contribution in [2.45, 2.75) is 18.9 Å². The first-order valence-corrected chi connectivity index (χ1v) is 6.71. The molecular weight excluding hydrogens is 333 g/mol. The second-order valence-corrected chi connectivity index (χ2v) is 5.75. The average Bonchev–Trinajstić information content (AvgIpc) is 2.30. The van der Waals surface area contributed by atoms with Gasteiger partial charge in [-0.15, -0.1) is 0 Å². The smallest absolute Gasteiger partial charge is 0.164 e. The van der Waals surface area contributed by atoms with Crippen LogP contribution < -0.4 is 0 Å². The van der Waals surface area contributed by atoms with Gasteiger partial charge in [0.15, 0.2) is 11.6 Å². The Bertz CT molecular complexity index is 621. The van der Waals surface area contributed by atoms with Crippen LogP contribution in [0.25, 0.3) is 0 Å². The molecular formula is C15H12BrF3O. The van der Waals surface area contributed by atoms with Crippen molar-refractivity contribution in [3.05, 3.63) is 69.4 Å². The van der Waals surface area contributed by atoms with Gasteiger partial charge in [0.05, 0.1) is 5.60 Å². The molecule has 1 unspecified atom stereocenters. The molecule has 2 aromatic carbocycles. The minimum Gasteiger partial charge on any atom is -0.385 e. The summed E-state index contributed by atoms with van der Waals surface area (Å²) in [5.41, 5.74) is -1.32. The van der Waals surface area contributed by atoms with Gasteiger partial charge < -0.3 is 5.11 Å². The van der Waals surface area contributed by atoms with E-state index in [4.69, 9.17) is 0 Å². The molecule has 2 aromatic rings. The molecule has 0 bridgehead atoms. The highest BCUT2D eigenvalue weighted by atomic mass is 79.9. The number of hydrogen-bond acceptors (Lipinski definition) is 1. The summed E-state index contributed by atoms with van der Waals surface area (Å²) in [5, 5.41) is 10.4. The van der Waals surface area contributed by atoms with Crippen LogP contribution in [0.3, 0.4) is 0 Å². The molecule has 0 saturated heterocycles. The lowest BCUT2D eigenvalue weighted by Gasteiger charge is -2.24. The maximum absolute atomic E-state index is 13.7. The van der Waals surface area contributed by atoms with E-state index in [0.29, 0.717) is 10.0 Å². The maximum Gasteiger partial charge on any atom is 0.164 e. The molecule has 106 valence electrons. The van der Waals surface area contributed by atoms with Crippen LogP contribution >= 0.6 is 15.9 Å². The van der Waals surface area contributed by atoms with E-state index in [1.165, 1.54) is 31.2 Å². The molecule has 0 aliphatic carbocycles. The van der Waals surface area contributed by atoms with Crippen molar-refractivity contribution in [1.82, 2.24) is 0 Å². The normalized spacial score (nSPS) is 14.1. The number of rotatable bonds is 3. The third-order valence-corrected chi connectivity index (χ3v) is 3.46. The fraction of sp³-hybridized carbons (Fsp3) is 0.200. The number of aliphatic hydroxyl groups is 1. The lowest BCUT2D eigenvalue weighted by atomic mass is 9.88. The quantitative estimate of drug-likeness (QED) is 0.879. The van der Waals surface area contributed by atoms with Crippen molar-refractivity contribution in [3.63, 3.8) is 0 Å². The summed E-state index contributed by atoms with van der Waals surface area (Å²) in [6.07, 6.45) is -0.0380. The molecule has 0 spiro atoms. The van der Waals surface area contributed by atoms with Gasteiger partial charge >= 0.3 is 0 Å². The Balaban J connectivity index is 2.37. The minimum absolute atomic E-state index is 0.0380. The summed E-state index contributed by atoms with van der Waals surface area (Å²) < 4.78 is 40.8. The fourth-order valence-electron chi connectivity index (χ4n) is 2.13. The molecule has 0 amide bonds. The van der Waals surface area contributed by atoms with Crippen molar-refractivity contribution in [3.8, 4) is 0 Å². The SMILES string of the molecule is CC(O)(Cc1cc(F)cc(Br)c1)c1cccc(F)c1F. The van der Waals surface area contributed by atoms with Gasteiger partial charge in [-0.3, -0.25) is 0 Å². The van der Waals surface area contributed by atoms with Crippen LogP contribution in [0.4, 0.5) is 13.2 Å². The van der Waals surface area contributed by atoms with Gasteiger partial charge in [0, 0.05) is 16.5 Å². The van der Waals surface area contributed by atoms with Crippen molar-refractivity contribution in [2.24, 2.45) is 0 Å². The predicted molar refractivity (Wildman–Crippen MR) is 73.7 cm³/mol. The van der Waals surface area contributed by atoms with Gasteiger partial charge in [0.1, 0.15) is 5.82 Å². The molecule has 0 aliphatic heterocycles. The molecule has 0 saturated carbocycles. The van der Waals surface area contributed by atoms with Crippen LogP contribution in [0.1, 0.15) is 18.1 Å². The first-order valence-electron chi connectivity index (χ1n) is 5.91. The zero-order valence-electron chi connectivity index (χ0n) is 10.6. The molecule has 1 nitrogen and oxygen atoms in total. The summed E-state index contributed by atoms with van der Waals surface area (Å²) >= 11 is 3.15. The standard InChI is InChI=1S/C15H12BrF3O/c1-15(20,12-3-2-4-13(18)14(12)19)8-9-5-10(16)7-11(17)6-9/h2-7,20H,8H2,1H3. The van der Waals surface area contributed by atoms with Crippen LogP contribution in [0, 0.1) is 17.5 Å². The van der Waals surface area contributed by atoms with Crippen LogP contribution in [0.15, 0.2) is 40.9 Å². The zero-order chi connectivity index (χ0) is 14.9. The van der Waals surface area contributed by atoms with E-state index in [9.17, 15) is 18.3 Å². The first-order chi connectivity index (χ1) is 9.29. The molecule has 20 heavy (non-hydrogen) atoms. The second-order valence-electron chi connectivity index (χ2n) is 4.83. The summed E-state index contributed by atoms with van der Waals surface area (Å²) in [7, 11) is 0. The summed E-state index contributed by atoms with van der Waals surface area (Å²) in [6, 6.07) is 7.76. The average molecular weight is 345 g/mol. The summed E-state index contributed by atoms with van der Waals surface area (Å²) in [6.45, 7) is 1.36. The lowest BCUT2D eigenvalue weighted by molar-refractivity contribution is 0.0529. The molecule has 0 fully saturated rings. The second kappa shape index (κ2) is 5.58. The van der Waals surface area contributed by atoms with E-state index in [-0.39, 0.29) is 12.0 Å². The molecule has 5 heteroatoms. The molecule has 0 heterocycles. The van der Waals surface area contributed by atoms with Crippen LogP contribution in [-0.4, -0.2) is 5.11 Å². The van der Waals surface area contributed by atoms with E-state index in [1.54, 1.807) is 6.07 Å². The first kappa shape index (κ1) is 15.1. The summed E-state index contributed by atoms with van der Waals surface area (Å²) in [4.78, 5) is 0. The monoisotopic (exact) mass is 344 g/mol.